The van der Waals surface area contributed by atoms with Crippen LogP contribution in [0.1, 0.15) is 15.9 Å². The maximum atomic E-state index is 12.4. The van der Waals surface area contributed by atoms with E-state index in [2.05, 4.69) is 20.7 Å². The number of ether oxygens (including phenoxy) is 2. The van der Waals surface area contributed by atoms with Crippen molar-refractivity contribution in [2.75, 3.05) is 0 Å². The van der Waals surface area contributed by atoms with E-state index in [0.29, 0.717) is 4.47 Å². The first-order chi connectivity index (χ1) is 10.3. The molecule has 0 atom stereocenters. The van der Waals surface area contributed by atoms with Crippen LogP contribution in [0.3, 0.4) is 0 Å². The van der Waals surface area contributed by atoms with Crippen molar-refractivity contribution in [3.05, 3.63) is 64.1 Å². The molecule has 0 heterocycles. The minimum absolute atomic E-state index is 0.0405. The molecule has 22 heavy (non-hydrogen) atoms. The minimum Gasteiger partial charge on any atom is -0.457 e. The molecule has 2 rings (SSSR count). The molecule has 0 amide bonds. The Labute approximate surface area is 132 Å². The lowest BCUT2D eigenvalue weighted by atomic mass is 10.2. The maximum Gasteiger partial charge on any atom is 0.573 e. The van der Waals surface area contributed by atoms with Gasteiger partial charge in [-0.25, -0.2) is 4.79 Å². The molecule has 0 aliphatic heterocycles. The highest BCUT2D eigenvalue weighted by atomic mass is 79.9. The molecule has 0 spiro atoms. The number of benzene rings is 2. The van der Waals surface area contributed by atoms with Crippen LogP contribution in [0, 0.1) is 0 Å². The maximum absolute atomic E-state index is 12.4. The first kappa shape index (κ1) is 16.4. The summed E-state index contributed by atoms with van der Waals surface area (Å²) < 4.78 is 46.3. The Balaban J connectivity index is 2.15. The van der Waals surface area contributed by atoms with E-state index < -0.39 is 18.1 Å². The summed E-state index contributed by atoms with van der Waals surface area (Å²) in [5, 5.41) is 0. The lowest BCUT2D eigenvalue weighted by Gasteiger charge is -2.13. The largest absolute Gasteiger partial charge is 0.573 e. The van der Waals surface area contributed by atoms with Crippen LogP contribution in [0.5, 0.6) is 5.75 Å². The van der Waals surface area contributed by atoms with Crippen molar-refractivity contribution in [2.45, 2.75) is 13.0 Å². The van der Waals surface area contributed by atoms with Gasteiger partial charge in [0, 0.05) is 4.47 Å². The van der Waals surface area contributed by atoms with Gasteiger partial charge in [0.1, 0.15) is 17.9 Å². The summed E-state index contributed by atoms with van der Waals surface area (Å²) >= 11 is 3.03. The van der Waals surface area contributed by atoms with Crippen molar-refractivity contribution in [1.29, 1.82) is 0 Å². The van der Waals surface area contributed by atoms with E-state index in [1.54, 1.807) is 30.3 Å². The molecule has 0 unspecified atom stereocenters. The molecule has 0 radical (unpaired) electrons. The van der Waals surface area contributed by atoms with Crippen LogP contribution in [0.15, 0.2) is 53.0 Å². The number of carbonyl (C=O) groups is 1. The average molecular weight is 375 g/mol. The van der Waals surface area contributed by atoms with Crippen molar-refractivity contribution < 1.29 is 27.4 Å². The predicted molar refractivity (Wildman–Crippen MR) is 76.4 cm³/mol. The molecule has 0 saturated heterocycles. The third-order valence-electron chi connectivity index (χ3n) is 2.60. The number of esters is 1. The monoisotopic (exact) mass is 374 g/mol. The lowest BCUT2D eigenvalue weighted by Crippen LogP contribution is -2.19. The molecule has 116 valence electrons. The second kappa shape index (κ2) is 6.83. The lowest BCUT2D eigenvalue weighted by molar-refractivity contribution is -0.274. The summed E-state index contributed by atoms with van der Waals surface area (Å²) in [5.41, 5.74) is 0.433. The van der Waals surface area contributed by atoms with Gasteiger partial charge in [0.15, 0.2) is 0 Å². The summed E-state index contributed by atoms with van der Waals surface area (Å²) in [7, 11) is 0. The van der Waals surface area contributed by atoms with E-state index in [0.717, 1.165) is 11.6 Å². The van der Waals surface area contributed by atoms with E-state index >= 15 is 0 Å². The Bertz CT molecular complexity index is 657. The van der Waals surface area contributed by atoms with Gasteiger partial charge in [0.05, 0.1) is 0 Å². The van der Waals surface area contributed by atoms with E-state index in [4.69, 9.17) is 4.74 Å². The molecule has 0 N–H and O–H groups in total. The Hall–Kier alpha value is -2.02. The van der Waals surface area contributed by atoms with Gasteiger partial charge in [0.2, 0.25) is 0 Å². The van der Waals surface area contributed by atoms with Crippen LogP contribution in [0.2, 0.25) is 0 Å². The summed E-state index contributed by atoms with van der Waals surface area (Å²) in [4.78, 5) is 12.0. The summed E-state index contributed by atoms with van der Waals surface area (Å²) in [6.45, 7) is -0.0405. The van der Waals surface area contributed by atoms with Crippen LogP contribution < -0.4 is 4.74 Å². The van der Waals surface area contributed by atoms with Crippen LogP contribution in [0.4, 0.5) is 13.2 Å². The molecule has 0 saturated carbocycles. The van der Waals surface area contributed by atoms with Gasteiger partial charge in [-0.05, 0) is 23.8 Å². The molecule has 2 aromatic rings. The number of carbonyl (C=O) groups excluding carboxylic acids is 1. The highest BCUT2D eigenvalue weighted by Crippen LogP contribution is 2.30. The molecule has 2 aromatic carbocycles. The zero-order chi connectivity index (χ0) is 16.2. The van der Waals surface area contributed by atoms with E-state index in [9.17, 15) is 18.0 Å². The van der Waals surface area contributed by atoms with Crippen molar-refractivity contribution in [3.63, 3.8) is 0 Å². The smallest absolute Gasteiger partial charge is 0.457 e. The van der Waals surface area contributed by atoms with Crippen molar-refractivity contribution in [1.82, 2.24) is 0 Å². The number of hydrogen-bond acceptors (Lipinski definition) is 3. The molecular weight excluding hydrogens is 365 g/mol. The quantitative estimate of drug-likeness (QED) is 0.727. The number of halogens is 4. The summed E-state index contributed by atoms with van der Waals surface area (Å²) in [6.07, 6.45) is -4.89. The molecule has 3 nitrogen and oxygen atoms in total. The van der Waals surface area contributed by atoms with Gasteiger partial charge in [-0.2, -0.15) is 0 Å². The SMILES string of the molecule is O=C(OCc1ccccc1)c1ccc(Br)cc1OC(F)(F)F. The molecule has 0 aromatic heterocycles. The average Bonchev–Trinajstić information content (AvgIpc) is 2.44. The van der Waals surface area contributed by atoms with E-state index in [1.165, 1.54) is 12.1 Å². The fourth-order valence-corrected chi connectivity index (χ4v) is 2.01. The summed E-state index contributed by atoms with van der Waals surface area (Å²) in [6, 6.07) is 12.5. The van der Waals surface area contributed by atoms with Crippen molar-refractivity contribution in [3.8, 4) is 5.75 Å². The van der Waals surface area contributed by atoms with Gasteiger partial charge in [-0.3, -0.25) is 0 Å². The zero-order valence-electron chi connectivity index (χ0n) is 11.1. The topological polar surface area (TPSA) is 35.5 Å². The number of hydrogen-bond donors (Lipinski definition) is 0. The Kier molecular flexibility index (Phi) is 5.07. The van der Waals surface area contributed by atoms with Gasteiger partial charge in [-0.1, -0.05) is 46.3 Å². The third-order valence-corrected chi connectivity index (χ3v) is 3.10. The Morgan fingerprint density at radius 1 is 1.09 bits per heavy atom. The summed E-state index contributed by atoms with van der Waals surface area (Å²) in [5.74, 6) is -1.50. The predicted octanol–water partition coefficient (Wildman–Crippen LogP) is 4.70. The first-order valence-electron chi connectivity index (χ1n) is 6.11. The molecule has 0 aliphatic carbocycles. The zero-order valence-corrected chi connectivity index (χ0v) is 12.6. The Morgan fingerprint density at radius 2 is 1.77 bits per heavy atom. The molecule has 0 fully saturated rings. The van der Waals surface area contributed by atoms with Crippen LogP contribution in [0.25, 0.3) is 0 Å². The van der Waals surface area contributed by atoms with Crippen molar-refractivity contribution >= 4 is 21.9 Å². The third kappa shape index (κ3) is 4.77. The van der Waals surface area contributed by atoms with Crippen LogP contribution >= 0.6 is 15.9 Å². The standard InChI is InChI=1S/C15H10BrF3O3/c16-11-6-7-12(13(8-11)22-15(17,18)19)14(20)21-9-10-4-2-1-3-5-10/h1-8H,9H2. The minimum atomic E-state index is -4.89. The van der Waals surface area contributed by atoms with Crippen LogP contribution in [-0.2, 0) is 11.3 Å². The van der Waals surface area contributed by atoms with Gasteiger partial charge in [-0.15, -0.1) is 13.2 Å². The van der Waals surface area contributed by atoms with Gasteiger partial charge >= 0.3 is 12.3 Å². The molecule has 0 aliphatic rings. The normalized spacial score (nSPS) is 11.1. The number of alkyl halides is 3. The second-order valence-electron chi connectivity index (χ2n) is 4.25. The molecule has 0 bridgehead atoms. The second-order valence-corrected chi connectivity index (χ2v) is 5.17. The van der Waals surface area contributed by atoms with Gasteiger partial charge in [0.25, 0.3) is 0 Å². The van der Waals surface area contributed by atoms with Gasteiger partial charge < -0.3 is 9.47 Å². The Morgan fingerprint density at radius 3 is 2.41 bits per heavy atom. The fraction of sp³-hybridized carbons (Fsp3) is 0.133. The highest BCUT2D eigenvalue weighted by Gasteiger charge is 2.33. The molecular formula is C15H10BrF3O3. The number of rotatable bonds is 4. The highest BCUT2D eigenvalue weighted by molar-refractivity contribution is 9.10. The fourth-order valence-electron chi connectivity index (χ4n) is 1.67. The van der Waals surface area contributed by atoms with E-state index in [-0.39, 0.29) is 12.2 Å². The first-order valence-corrected chi connectivity index (χ1v) is 6.91. The van der Waals surface area contributed by atoms with Crippen LogP contribution in [-0.4, -0.2) is 12.3 Å². The van der Waals surface area contributed by atoms with E-state index in [1.807, 2.05) is 0 Å². The van der Waals surface area contributed by atoms with Crippen molar-refractivity contribution in [2.24, 2.45) is 0 Å². The molecule has 7 heteroatoms.